The van der Waals surface area contributed by atoms with Crippen LogP contribution in [0.5, 0.6) is 0 Å². The molecule has 0 aliphatic heterocycles. The predicted octanol–water partition coefficient (Wildman–Crippen LogP) is 15.2. The molecule has 0 bridgehead atoms. The van der Waals surface area contributed by atoms with Crippen molar-refractivity contribution in [2.24, 2.45) is 0 Å². The molecule has 0 aromatic carbocycles. The van der Waals surface area contributed by atoms with Gasteiger partial charge in [0.15, 0.2) is 0 Å². The lowest BCUT2D eigenvalue weighted by molar-refractivity contribution is -0.910. The third-order valence-electron chi connectivity index (χ3n) is 10.7. The lowest BCUT2D eigenvalue weighted by Gasteiger charge is -2.35. The van der Waals surface area contributed by atoms with E-state index in [0.717, 1.165) is 0 Å². The number of hydrogen-bond acceptors (Lipinski definition) is 0. The van der Waals surface area contributed by atoms with Crippen molar-refractivity contribution in [1.82, 2.24) is 0 Å². The smallest absolute Gasteiger partial charge is 0.0784 e. The van der Waals surface area contributed by atoms with Crippen LogP contribution in [0.4, 0.5) is 0 Å². The summed E-state index contributed by atoms with van der Waals surface area (Å²) in [4.78, 5) is 0. The summed E-state index contributed by atoms with van der Waals surface area (Å²) >= 11 is 0. The molecule has 1 nitrogen and oxygen atoms in total. The highest BCUT2D eigenvalue weighted by Gasteiger charge is 2.20. The van der Waals surface area contributed by atoms with Gasteiger partial charge in [-0.05, 0) is 38.5 Å². The molecule has 2 heteroatoms. The Morgan fingerprint density at radius 2 is 0.356 bits per heavy atom. The van der Waals surface area contributed by atoms with Gasteiger partial charge in [0.1, 0.15) is 0 Å². The summed E-state index contributed by atoms with van der Waals surface area (Å²) in [6.07, 6.45) is 52.7. The van der Waals surface area contributed by atoms with Crippen molar-refractivity contribution in [1.29, 1.82) is 0 Å². The molecule has 0 aromatic rings. The minimum atomic E-state index is 0. The van der Waals surface area contributed by atoms with E-state index in [1.165, 1.54) is 255 Å². The SMILES string of the molecule is CCCCCCCCCCCCCC[N+](C)(CCCCCCCCCCCCCC)CCCCCCCCCCCCCC.[B-]. The molecular formula is C43H90BN. The van der Waals surface area contributed by atoms with Crippen molar-refractivity contribution >= 4 is 8.41 Å². The normalized spacial score (nSPS) is 11.7. The minimum absolute atomic E-state index is 0. The summed E-state index contributed by atoms with van der Waals surface area (Å²) in [5.41, 5.74) is 0. The van der Waals surface area contributed by atoms with Crippen LogP contribution in [0.3, 0.4) is 0 Å². The molecule has 0 heterocycles. The second-order valence-corrected chi connectivity index (χ2v) is 15.5. The lowest BCUT2D eigenvalue weighted by Crippen LogP contribution is -2.46. The molecule has 0 aliphatic carbocycles. The van der Waals surface area contributed by atoms with Crippen LogP contribution in [-0.2, 0) is 0 Å². The maximum atomic E-state index is 2.62. The summed E-state index contributed by atoms with van der Waals surface area (Å²) in [5.74, 6) is 0. The van der Waals surface area contributed by atoms with Gasteiger partial charge in [-0.2, -0.15) is 0 Å². The van der Waals surface area contributed by atoms with E-state index in [-0.39, 0.29) is 8.41 Å². The fourth-order valence-electron chi connectivity index (χ4n) is 7.34. The molecule has 0 aromatic heterocycles. The molecule has 4 radical (unpaired) electrons. The zero-order valence-corrected chi connectivity index (χ0v) is 32.6. The van der Waals surface area contributed by atoms with Gasteiger partial charge in [0.05, 0.1) is 26.7 Å². The Labute approximate surface area is 290 Å². The Morgan fingerprint density at radius 1 is 0.222 bits per heavy atom. The van der Waals surface area contributed by atoms with E-state index in [1.807, 2.05) is 0 Å². The van der Waals surface area contributed by atoms with Crippen molar-refractivity contribution in [3.8, 4) is 0 Å². The van der Waals surface area contributed by atoms with Crippen molar-refractivity contribution in [3.05, 3.63) is 0 Å². The summed E-state index contributed by atoms with van der Waals surface area (Å²) in [5, 5.41) is 0. The number of quaternary nitrogens is 1. The van der Waals surface area contributed by atoms with Gasteiger partial charge < -0.3 is 12.9 Å². The predicted molar refractivity (Wildman–Crippen MR) is 210 cm³/mol. The van der Waals surface area contributed by atoms with E-state index in [4.69, 9.17) is 0 Å². The Hall–Kier alpha value is 0.0249. The van der Waals surface area contributed by atoms with E-state index in [1.54, 1.807) is 0 Å². The second-order valence-electron chi connectivity index (χ2n) is 15.5. The van der Waals surface area contributed by atoms with Gasteiger partial charge in [0, 0.05) is 0 Å². The Kier molecular flexibility index (Phi) is 42.1. The summed E-state index contributed by atoms with van der Waals surface area (Å²) < 4.78 is 1.37. The second kappa shape index (κ2) is 40.2. The summed E-state index contributed by atoms with van der Waals surface area (Å²) in [6, 6.07) is 0. The van der Waals surface area contributed by atoms with Crippen molar-refractivity contribution in [2.75, 3.05) is 26.7 Å². The lowest BCUT2D eigenvalue weighted by atomic mass is 10.0. The van der Waals surface area contributed by atoms with Crippen LogP contribution >= 0.6 is 0 Å². The maximum absolute atomic E-state index is 2.62. The average Bonchev–Trinajstić information content (AvgIpc) is 3.02. The number of unbranched alkanes of at least 4 members (excludes halogenated alkanes) is 33. The highest BCUT2D eigenvalue weighted by molar-refractivity contribution is 5.75. The third kappa shape index (κ3) is 38.4. The maximum Gasteiger partial charge on any atom is 0.0784 e. The largest absolute Gasteiger partial charge is 1.00 e. The van der Waals surface area contributed by atoms with E-state index in [0.29, 0.717) is 0 Å². The first kappa shape index (κ1) is 47.1. The molecule has 0 amide bonds. The standard InChI is InChI=1S/C43H90N.B/c1-5-8-11-14-17-20-23-26-29-32-35-38-41-44(4,42-39-36-33-30-27-24-21-18-15-12-9-6-2)43-40-37-34-31-28-25-22-19-16-13-10-7-3;/h5-43H2,1-4H3;/q+1;-1. The summed E-state index contributed by atoms with van der Waals surface area (Å²) in [6.45, 7) is 11.3. The molecule has 0 aliphatic rings. The van der Waals surface area contributed by atoms with Crippen LogP contribution in [0.25, 0.3) is 0 Å². The Balaban J connectivity index is 0. The number of hydrogen-bond donors (Lipinski definition) is 0. The zero-order chi connectivity index (χ0) is 32.1. The Morgan fingerprint density at radius 3 is 0.511 bits per heavy atom. The number of nitrogens with zero attached hydrogens (tertiary/aromatic N) is 1. The molecule has 0 fully saturated rings. The van der Waals surface area contributed by atoms with Crippen LogP contribution in [0.15, 0.2) is 0 Å². The monoisotopic (exact) mass is 632 g/mol. The minimum Gasteiger partial charge on any atom is -1.00 e. The fourth-order valence-corrected chi connectivity index (χ4v) is 7.34. The van der Waals surface area contributed by atoms with Crippen molar-refractivity contribution < 1.29 is 4.48 Å². The van der Waals surface area contributed by atoms with Crippen molar-refractivity contribution in [3.63, 3.8) is 0 Å². The van der Waals surface area contributed by atoms with Gasteiger partial charge >= 0.3 is 0 Å². The highest BCUT2D eigenvalue weighted by atomic mass is 15.3. The van der Waals surface area contributed by atoms with E-state index >= 15 is 0 Å². The highest BCUT2D eigenvalue weighted by Crippen LogP contribution is 2.18. The first-order chi connectivity index (χ1) is 21.7. The first-order valence-electron chi connectivity index (χ1n) is 21.5. The molecule has 0 N–H and O–H groups in total. The van der Waals surface area contributed by atoms with Gasteiger partial charge in [-0.1, -0.05) is 213 Å². The topological polar surface area (TPSA) is 0 Å². The summed E-state index contributed by atoms with van der Waals surface area (Å²) in [7, 11) is 2.62. The first-order valence-corrected chi connectivity index (χ1v) is 21.5. The van der Waals surface area contributed by atoms with Crippen LogP contribution < -0.4 is 0 Å². The van der Waals surface area contributed by atoms with Gasteiger partial charge in [-0.3, -0.25) is 0 Å². The molecule has 45 heavy (non-hydrogen) atoms. The van der Waals surface area contributed by atoms with E-state index < -0.39 is 0 Å². The van der Waals surface area contributed by atoms with Crippen LogP contribution in [0, 0.1) is 0 Å². The molecular weight excluding hydrogens is 541 g/mol. The van der Waals surface area contributed by atoms with E-state index in [2.05, 4.69) is 27.8 Å². The molecule has 0 saturated carbocycles. The van der Waals surface area contributed by atoms with Crippen LogP contribution in [-0.4, -0.2) is 39.6 Å². The molecule has 0 saturated heterocycles. The van der Waals surface area contributed by atoms with Crippen LogP contribution in [0.2, 0.25) is 0 Å². The molecule has 270 valence electrons. The number of rotatable bonds is 39. The fraction of sp³-hybridized carbons (Fsp3) is 1.00. The third-order valence-corrected chi connectivity index (χ3v) is 10.7. The molecule has 0 rings (SSSR count). The average molecular weight is 632 g/mol. The zero-order valence-electron chi connectivity index (χ0n) is 32.6. The van der Waals surface area contributed by atoms with Gasteiger partial charge in [0.2, 0.25) is 0 Å². The molecule has 0 spiro atoms. The van der Waals surface area contributed by atoms with Gasteiger partial charge in [0.25, 0.3) is 0 Å². The molecule has 0 atom stereocenters. The van der Waals surface area contributed by atoms with Gasteiger partial charge in [-0.25, -0.2) is 0 Å². The molecule has 0 unspecified atom stereocenters. The van der Waals surface area contributed by atoms with Gasteiger partial charge in [-0.15, -0.1) is 0 Å². The quantitative estimate of drug-likeness (QED) is 0.0360. The van der Waals surface area contributed by atoms with Crippen LogP contribution in [0.1, 0.15) is 252 Å². The Bertz CT molecular complexity index is 437. The van der Waals surface area contributed by atoms with Crippen molar-refractivity contribution in [2.45, 2.75) is 252 Å². The van der Waals surface area contributed by atoms with E-state index in [9.17, 15) is 0 Å².